The van der Waals surface area contributed by atoms with E-state index in [9.17, 15) is 14.4 Å². The Morgan fingerprint density at radius 2 is 1.82 bits per heavy atom. The van der Waals surface area contributed by atoms with E-state index in [1.54, 1.807) is 6.92 Å². The average molecular weight is 244 g/mol. The first-order valence-electron chi connectivity index (χ1n) is 5.77. The lowest BCUT2D eigenvalue weighted by atomic mass is 10.2. The molecule has 0 aliphatic carbocycles. The number of likely N-dealkylation sites (N-methyl/N-ethyl adjacent to an activating group) is 2. The van der Waals surface area contributed by atoms with Crippen molar-refractivity contribution in [3.8, 4) is 0 Å². The van der Waals surface area contributed by atoms with Crippen LogP contribution in [0.4, 0.5) is 0 Å². The first-order valence-corrected chi connectivity index (χ1v) is 5.77. The standard InChI is InChI=1S/C11H20N2O4/c1-3-12-9(14)8-13(4-2)10(15)6-5-7-11(16)17/h3-8H2,1-2H3,(H,12,14)(H,16,17). The molecule has 2 N–H and O–H groups in total. The maximum absolute atomic E-state index is 11.6. The molecule has 0 aromatic carbocycles. The summed E-state index contributed by atoms with van der Waals surface area (Å²) in [5, 5.41) is 11.1. The molecule has 6 nitrogen and oxygen atoms in total. The molecule has 0 saturated carbocycles. The number of aliphatic carboxylic acids is 1. The summed E-state index contributed by atoms with van der Waals surface area (Å²) in [5.74, 6) is -1.29. The van der Waals surface area contributed by atoms with Crippen LogP contribution in [0, 0.1) is 0 Å². The molecule has 17 heavy (non-hydrogen) atoms. The van der Waals surface area contributed by atoms with Crippen LogP contribution in [0.5, 0.6) is 0 Å². The third kappa shape index (κ3) is 7.32. The predicted molar refractivity (Wildman–Crippen MR) is 62.4 cm³/mol. The van der Waals surface area contributed by atoms with Crippen molar-refractivity contribution in [3.05, 3.63) is 0 Å². The Labute approximate surface area is 101 Å². The van der Waals surface area contributed by atoms with Crippen molar-refractivity contribution >= 4 is 17.8 Å². The van der Waals surface area contributed by atoms with Crippen LogP contribution in [0.3, 0.4) is 0 Å². The van der Waals surface area contributed by atoms with Crippen molar-refractivity contribution in [2.75, 3.05) is 19.6 Å². The van der Waals surface area contributed by atoms with Gasteiger partial charge in [0.25, 0.3) is 0 Å². The van der Waals surface area contributed by atoms with Gasteiger partial charge in [-0.2, -0.15) is 0 Å². The van der Waals surface area contributed by atoms with Crippen molar-refractivity contribution in [2.45, 2.75) is 33.1 Å². The molecule has 0 radical (unpaired) electrons. The molecule has 0 bridgehead atoms. The molecule has 0 fully saturated rings. The molecule has 98 valence electrons. The number of hydrogen-bond acceptors (Lipinski definition) is 3. The van der Waals surface area contributed by atoms with Crippen molar-refractivity contribution in [1.29, 1.82) is 0 Å². The normalized spacial score (nSPS) is 9.76. The molecule has 6 heteroatoms. The van der Waals surface area contributed by atoms with Crippen LogP contribution >= 0.6 is 0 Å². The van der Waals surface area contributed by atoms with Gasteiger partial charge in [0, 0.05) is 25.9 Å². The summed E-state index contributed by atoms with van der Waals surface area (Å²) in [7, 11) is 0. The predicted octanol–water partition coefficient (Wildman–Crippen LogP) is 0.226. The van der Waals surface area contributed by atoms with Crippen molar-refractivity contribution in [1.82, 2.24) is 10.2 Å². The largest absolute Gasteiger partial charge is 0.481 e. The number of carboxylic acids is 1. The monoisotopic (exact) mass is 244 g/mol. The number of carbonyl (C=O) groups is 3. The first-order chi connectivity index (χ1) is 8.01. The number of carbonyl (C=O) groups excluding carboxylic acids is 2. The van der Waals surface area contributed by atoms with Crippen LogP contribution in [0.15, 0.2) is 0 Å². The zero-order valence-electron chi connectivity index (χ0n) is 10.4. The smallest absolute Gasteiger partial charge is 0.303 e. The van der Waals surface area contributed by atoms with E-state index in [1.807, 2.05) is 6.92 Å². The van der Waals surface area contributed by atoms with Crippen molar-refractivity contribution in [3.63, 3.8) is 0 Å². The van der Waals surface area contributed by atoms with Crippen molar-refractivity contribution < 1.29 is 19.5 Å². The van der Waals surface area contributed by atoms with E-state index in [-0.39, 0.29) is 31.2 Å². The van der Waals surface area contributed by atoms with Crippen LogP contribution in [-0.2, 0) is 14.4 Å². The van der Waals surface area contributed by atoms with Gasteiger partial charge in [0.15, 0.2) is 0 Å². The lowest BCUT2D eigenvalue weighted by Gasteiger charge is -2.19. The molecule has 0 aliphatic heterocycles. The molecular weight excluding hydrogens is 224 g/mol. The number of nitrogens with zero attached hydrogens (tertiary/aromatic N) is 1. The summed E-state index contributed by atoms with van der Waals surface area (Å²) >= 11 is 0. The summed E-state index contributed by atoms with van der Waals surface area (Å²) in [6, 6.07) is 0. The Morgan fingerprint density at radius 1 is 1.18 bits per heavy atom. The molecule has 0 unspecified atom stereocenters. The summed E-state index contributed by atoms with van der Waals surface area (Å²) in [6.45, 7) is 4.61. The second-order valence-corrected chi connectivity index (χ2v) is 3.61. The van der Waals surface area contributed by atoms with E-state index in [0.717, 1.165) is 0 Å². The van der Waals surface area contributed by atoms with Gasteiger partial charge in [-0.05, 0) is 20.3 Å². The SMILES string of the molecule is CCNC(=O)CN(CC)C(=O)CCCC(=O)O. The lowest BCUT2D eigenvalue weighted by molar-refractivity contribution is -0.138. The summed E-state index contributed by atoms with van der Waals surface area (Å²) in [4.78, 5) is 34.7. The zero-order valence-corrected chi connectivity index (χ0v) is 10.4. The van der Waals surface area contributed by atoms with Gasteiger partial charge >= 0.3 is 5.97 Å². The zero-order chi connectivity index (χ0) is 13.3. The maximum atomic E-state index is 11.6. The third-order valence-electron chi connectivity index (χ3n) is 2.22. The highest BCUT2D eigenvalue weighted by atomic mass is 16.4. The van der Waals surface area contributed by atoms with E-state index in [0.29, 0.717) is 19.5 Å². The van der Waals surface area contributed by atoms with Crippen LogP contribution < -0.4 is 5.32 Å². The third-order valence-corrected chi connectivity index (χ3v) is 2.22. The number of hydrogen-bond donors (Lipinski definition) is 2. The highest BCUT2D eigenvalue weighted by molar-refractivity contribution is 5.84. The van der Waals surface area contributed by atoms with E-state index in [1.165, 1.54) is 4.90 Å². The van der Waals surface area contributed by atoms with Gasteiger partial charge in [-0.15, -0.1) is 0 Å². The number of rotatable bonds is 8. The maximum Gasteiger partial charge on any atom is 0.303 e. The topological polar surface area (TPSA) is 86.7 Å². The highest BCUT2D eigenvalue weighted by Gasteiger charge is 2.14. The van der Waals surface area contributed by atoms with Gasteiger partial charge in [0.05, 0.1) is 6.54 Å². The molecule has 0 aliphatic rings. The Balaban J connectivity index is 4.03. The Morgan fingerprint density at radius 3 is 2.29 bits per heavy atom. The van der Waals surface area contributed by atoms with Gasteiger partial charge in [-0.1, -0.05) is 0 Å². The van der Waals surface area contributed by atoms with Gasteiger partial charge in [-0.25, -0.2) is 0 Å². The quantitative estimate of drug-likeness (QED) is 0.639. The second kappa shape index (κ2) is 8.55. The number of carboxylic acid groups (broad SMARTS) is 1. The fraction of sp³-hybridized carbons (Fsp3) is 0.727. The van der Waals surface area contributed by atoms with Gasteiger partial charge in [-0.3, -0.25) is 14.4 Å². The Hall–Kier alpha value is -1.59. The van der Waals surface area contributed by atoms with E-state index in [2.05, 4.69) is 5.32 Å². The lowest BCUT2D eigenvalue weighted by Crippen LogP contribution is -2.40. The Bertz CT molecular complexity index is 279. The minimum atomic E-state index is -0.912. The Kier molecular flexibility index (Phi) is 7.75. The summed E-state index contributed by atoms with van der Waals surface area (Å²) in [5.41, 5.74) is 0. The highest BCUT2D eigenvalue weighted by Crippen LogP contribution is 2.01. The molecule has 0 atom stereocenters. The minimum Gasteiger partial charge on any atom is -0.481 e. The van der Waals surface area contributed by atoms with Crippen LogP contribution in [-0.4, -0.2) is 47.4 Å². The van der Waals surface area contributed by atoms with E-state index < -0.39 is 5.97 Å². The molecular formula is C11H20N2O4. The molecule has 0 saturated heterocycles. The van der Waals surface area contributed by atoms with Crippen LogP contribution in [0.2, 0.25) is 0 Å². The average Bonchev–Trinajstić information content (AvgIpc) is 2.25. The van der Waals surface area contributed by atoms with Gasteiger partial charge in [0.1, 0.15) is 0 Å². The molecule has 0 spiro atoms. The molecule has 0 aromatic heterocycles. The molecule has 0 rings (SSSR count). The number of nitrogens with one attached hydrogen (secondary N) is 1. The van der Waals surface area contributed by atoms with E-state index >= 15 is 0 Å². The minimum absolute atomic E-state index is 0.0234. The van der Waals surface area contributed by atoms with Crippen LogP contribution in [0.25, 0.3) is 0 Å². The fourth-order valence-electron chi connectivity index (χ4n) is 1.35. The molecule has 0 heterocycles. The van der Waals surface area contributed by atoms with Gasteiger partial charge < -0.3 is 15.3 Å². The summed E-state index contributed by atoms with van der Waals surface area (Å²) < 4.78 is 0. The first kappa shape index (κ1) is 15.4. The molecule has 0 aromatic rings. The van der Waals surface area contributed by atoms with Crippen molar-refractivity contribution in [2.24, 2.45) is 0 Å². The van der Waals surface area contributed by atoms with Crippen LogP contribution in [0.1, 0.15) is 33.1 Å². The van der Waals surface area contributed by atoms with Gasteiger partial charge in [0.2, 0.25) is 11.8 Å². The fourth-order valence-corrected chi connectivity index (χ4v) is 1.35. The molecule has 2 amide bonds. The second-order valence-electron chi connectivity index (χ2n) is 3.61. The number of amides is 2. The van der Waals surface area contributed by atoms with E-state index in [4.69, 9.17) is 5.11 Å². The summed E-state index contributed by atoms with van der Waals surface area (Å²) in [6.07, 6.45) is 0.448.